The first-order valence-electron chi connectivity index (χ1n) is 6.82. The van der Waals surface area contributed by atoms with E-state index in [0.717, 1.165) is 25.0 Å². The zero-order valence-corrected chi connectivity index (χ0v) is 12.9. The van der Waals surface area contributed by atoms with Gasteiger partial charge in [0.25, 0.3) is 5.91 Å². The highest BCUT2D eigenvalue weighted by Crippen LogP contribution is 2.23. The van der Waals surface area contributed by atoms with Crippen LogP contribution in [0.1, 0.15) is 35.7 Å². The van der Waals surface area contributed by atoms with Crippen LogP contribution in [-0.4, -0.2) is 32.3 Å². The van der Waals surface area contributed by atoms with Crippen molar-refractivity contribution < 1.29 is 17.6 Å². The van der Waals surface area contributed by atoms with E-state index in [9.17, 15) is 17.6 Å². The van der Waals surface area contributed by atoms with Gasteiger partial charge in [-0.25, -0.2) is 17.9 Å². The molecule has 1 aliphatic heterocycles. The van der Waals surface area contributed by atoms with Gasteiger partial charge in [0.2, 0.25) is 10.0 Å². The fourth-order valence-corrected chi connectivity index (χ4v) is 3.46. The number of likely N-dealkylation sites (tertiary alicyclic amines) is 1. The first-order valence-corrected chi connectivity index (χ1v) is 8.37. The second-order valence-electron chi connectivity index (χ2n) is 5.64. The van der Waals surface area contributed by atoms with E-state index < -0.39 is 21.7 Å². The second kappa shape index (κ2) is 5.73. The first kappa shape index (κ1) is 15.9. The first-order chi connectivity index (χ1) is 9.70. The second-order valence-corrected chi connectivity index (χ2v) is 7.17. The maximum atomic E-state index is 14.0. The molecule has 1 heterocycles. The van der Waals surface area contributed by atoms with Crippen molar-refractivity contribution in [3.05, 3.63) is 29.1 Å². The van der Waals surface area contributed by atoms with Gasteiger partial charge in [0.1, 0.15) is 5.82 Å². The predicted octanol–water partition coefficient (Wildman–Crippen LogP) is 1.65. The molecule has 116 valence electrons. The Labute approximate surface area is 124 Å². The van der Waals surface area contributed by atoms with Gasteiger partial charge in [-0.15, -0.1) is 0 Å². The molecule has 7 heteroatoms. The molecule has 0 bridgehead atoms. The minimum Gasteiger partial charge on any atom is -0.338 e. The van der Waals surface area contributed by atoms with E-state index >= 15 is 0 Å². The Kier molecular flexibility index (Phi) is 4.34. The number of amides is 1. The monoisotopic (exact) mass is 314 g/mol. The van der Waals surface area contributed by atoms with E-state index in [1.54, 1.807) is 4.90 Å². The Morgan fingerprint density at radius 3 is 2.67 bits per heavy atom. The molecule has 1 aliphatic rings. The Hall–Kier alpha value is -1.47. The third-order valence-electron chi connectivity index (χ3n) is 3.75. The number of nitrogens with zero attached hydrogens (tertiary/aromatic N) is 1. The number of primary sulfonamides is 1. The minimum atomic E-state index is -3.99. The van der Waals surface area contributed by atoms with E-state index in [1.165, 1.54) is 6.92 Å². The lowest BCUT2D eigenvalue weighted by Gasteiger charge is -2.31. The van der Waals surface area contributed by atoms with Gasteiger partial charge in [-0.2, -0.15) is 0 Å². The van der Waals surface area contributed by atoms with Crippen molar-refractivity contribution in [3.8, 4) is 0 Å². The molecule has 0 aliphatic carbocycles. The number of nitrogens with two attached hydrogens (primary N) is 1. The summed E-state index contributed by atoms with van der Waals surface area (Å²) in [6.07, 6.45) is 1.89. The summed E-state index contributed by atoms with van der Waals surface area (Å²) >= 11 is 0. The number of benzene rings is 1. The number of halogens is 1. The lowest BCUT2D eigenvalue weighted by Crippen LogP contribution is -2.39. The number of hydrogen-bond acceptors (Lipinski definition) is 3. The van der Waals surface area contributed by atoms with Crippen molar-refractivity contribution in [2.75, 3.05) is 13.1 Å². The normalized spacial score (nSPS) is 19.6. The summed E-state index contributed by atoms with van der Waals surface area (Å²) in [7, 11) is -3.99. The van der Waals surface area contributed by atoms with Crippen LogP contribution in [0, 0.1) is 18.7 Å². The minimum absolute atomic E-state index is 0.193. The molecule has 2 rings (SSSR count). The molecule has 0 radical (unpaired) electrons. The van der Waals surface area contributed by atoms with Crippen LogP contribution in [0.3, 0.4) is 0 Å². The molecular formula is C14H19FN2O3S. The molecule has 5 nitrogen and oxygen atoms in total. The van der Waals surface area contributed by atoms with E-state index in [4.69, 9.17) is 5.14 Å². The van der Waals surface area contributed by atoms with Crippen LogP contribution in [0.5, 0.6) is 0 Å². The fraction of sp³-hybridized carbons (Fsp3) is 0.500. The van der Waals surface area contributed by atoms with Crippen molar-refractivity contribution in [2.24, 2.45) is 11.1 Å². The number of carbonyl (C=O) groups excluding carboxylic acids is 1. The molecule has 1 amide bonds. The Balaban J connectivity index is 2.41. The number of sulfonamides is 1. The maximum Gasteiger partial charge on any atom is 0.256 e. The number of aryl methyl sites for hydroxylation is 1. The zero-order valence-electron chi connectivity index (χ0n) is 12.1. The van der Waals surface area contributed by atoms with Gasteiger partial charge >= 0.3 is 0 Å². The van der Waals surface area contributed by atoms with Crippen molar-refractivity contribution >= 4 is 15.9 Å². The molecule has 0 saturated carbocycles. The van der Waals surface area contributed by atoms with Crippen molar-refractivity contribution in [3.63, 3.8) is 0 Å². The van der Waals surface area contributed by atoms with Gasteiger partial charge in [0.05, 0.1) is 10.5 Å². The zero-order chi connectivity index (χ0) is 15.8. The topological polar surface area (TPSA) is 80.5 Å². The van der Waals surface area contributed by atoms with Crippen LogP contribution >= 0.6 is 0 Å². The lowest BCUT2D eigenvalue weighted by molar-refractivity contribution is 0.0678. The van der Waals surface area contributed by atoms with Gasteiger partial charge in [-0.3, -0.25) is 4.79 Å². The Morgan fingerprint density at radius 1 is 1.43 bits per heavy atom. The van der Waals surface area contributed by atoms with E-state index in [1.807, 2.05) is 6.92 Å². The van der Waals surface area contributed by atoms with E-state index in [-0.39, 0.29) is 16.0 Å². The summed E-state index contributed by atoms with van der Waals surface area (Å²) in [5.74, 6) is -0.846. The number of rotatable bonds is 2. The summed E-state index contributed by atoms with van der Waals surface area (Å²) in [5.41, 5.74) is -0.0442. The third-order valence-corrected chi connectivity index (χ3v) is 4.80. The van der Waals surface area contributed by atoms with Crippen LogP contribution in [0.25, 0.3) is 0 Å². The molecular weight excluding hydrogens is 295 g/mol. The van der Waals surface area contributed by atoms with Crippen LogP contribution in [-0.2, 0) is 10.0 Å². The molecule has 1 atom stereocenters. The van der Waals surface area contributed by atoms with Crippen molar-refractivity contribution in [2.45, 2.75) is 31.6 Å². The molecule has 2 N–H and O–H groups in total. The number of carbonyl (C=O) groups is 1. The summed E-state index contributed by atoms with van der Waals surface area (Å²) in [6.45, 7) is 4.58. The summed E-state index contributed by atoms with van der Waals surface area (Å²) < 4.78 is 37.0. The molecule has 0 aromatic heterocycles. The van der Waals surface area contributed by atoms with Gasteiger partial charge < -0.3 is 4.90 Å². The highest BCUT2D eigenvalue weighted by Gasteiger charge is 2.26. The van der Waals surface area contributed by atoms with Gasteiger partial charge in [0.15, 0.2) is 0 Å². The highest BCUT2D eigenvalue weighted by atomic mass is 32.2. The van der Waals surface area contributed by atoms with Crippen LogP contribution in [0.2, 0.25) is 0 Å². The van der Waals surface area contributed by atoms with Crippen molar-refractivity contribution in [1.82, 2.24) is 4.90 Å². The number of hydrogen-bond donors (Lipinski definition) is 1. The fourth-order valence-electron chi connectivity index (χ4n) is 2.67. The largest absolute Gasteiger partial charge is 0.338 e. The average molecular weight is 314 g/mol. The summed E-state index contributed by atoms with van der Waals surface area (Å²) in [5, 5.41) is 5.10. The maximum absolute atomic E-state index is 14.0. The van der Waals surface area contributed by atoms with Crippen LogP contribution < -0.4 is 5.14 Å². The van der Waals surface area contributed by atoms with Crippen LogP contribution in [0.4, 0.5) is 4.39 Å². The summed E-state index contributed by atoms with van der Waals surface area (Å²) in [4.78, 5) is 13.8. The predicted molar refractivity (Wildman–Crippen MR) is 76.8 cm³/mol. The lowest BCUT2D eigenvalue weighted by atomic mass is 9.99. The molecule has 1 unspecified atom stereocenters. The van der Waals surface area contributed by atoms with Crippen molar-refractivity contribution in [1.29, 1.82) is 0 Å². The van der Waals surface area contributed by atoms with Crippen LogP contribution in [0.15, 0.2) is 17.0 Å². The molecule has 1 fully saturated rings. The van der Waals surface area contributed by atoms with Gasteiger partial charge in [0, 0.05) is 13.1 Å². The molecule has 21 heavy (non-hydrogen) atoms. The van der Waals surface area contributed by atoms with Gasteiger partial charge in [-0.1, -0.05) is 6.92 Å². The van der Waals surface area contributed by atoms with Gasteiger partial charge in [-0.05, 0) is 43.4 Å². The Morgan fingerprint density at radius 2 is 2.10 bits per heavy atom. The number of piperidine rings is 1. The average Bonchev–Trinajstić information content (AvgIpc) is 2.36. The summed E-state index contributed by atoms with van der Waals surface area (Å²) in [6, 6.07) is 2.09. The Bertz CT molecular complexity index is 673. The third kappa shape index (κ3) is 3.41. The molecule has 1 aromatic carbocycles. The molecule has 1 aromatic rings. The molecule has 0 spiro atoms. The highest BCUT2D eigenvalue weighted by molar-refractivity contribution is 7.89. The van der Waals surface area contributed by atoms with E-state index in [0.29, 0.717) is 19.0 Å². The SMILES string of the molecule is Cc1cc(F)c(C(=O)N2CCCC(C)C2)cc1S(N)(=O)=O. The smallest absolute Gasteiger partial charge is 0.256 e. The molecule has 1 saturated heterocycles. The quantitative estimate of drug-likeness (QED) is 0.901. The standard InChI is InChI=1S/C14H19FN2O3S/c1-9-4-3-5-17(8-9)14(18)11-7-13(21(16,19)20)10(2)6-12(11)15/h6-7,9H,3-5,8H2,1-2H3,(H2,16,19,20). The van der Waals surface area contributed by atoms with E-state index in [2.05, 4.69) is 0 Å².